The first-order valence-electron chi connectivity index (χ1n) is 5.28. The number of halogens is 1. The molecule has 0 aromatic heterocycles. The molecule has 1 aliphatic rings. The summed E-state index contributed by atoms with van der Waals surface area (Å²) in [6.07, 6.45) is 0.913. The monoisotopic (exact) mass is 276 g/mol. The lowest BCUT2D eigenvalue weighted by atomic mass is 10.2. The van der Waals surface area contributed by atoms with Gasteiger partial charge in [0.25, 0.3) is 0 Å². The molecule has 17 heavy (non-hydrogen) atoms. The fourth-order valence-corrected chi connectivity index (χ4v) is 2.66. The van der Waals surface area contributed by atoms with Crippen molar-refractivity contribution in [3.8, 4) is 5.75 Å². The molecule has 1 fully saturated rings. The molecular formula is C11H13ClO4S. The summed E-state index contributed by atoms with van der Waals surface area (Å²) < 4.78 is 32.8. The summed E-state index contributed by atoms with van der Waals surface area (Å²) in [5.41, 5.74) is 0.622. The summed E-state index contributed by atoms with van der Waals surface area (Å²) in [5, 5.41) is 0. The lowest BCUT2D eigenvalue weighted by molar-refractivity contribution is 0.141. The predicted octanol–water partition coefficient (Wildman–Crippen LogP) is 1.92. The number of ether oxygens (including phenoxy) is 2. The SMILES string of the molecule is O=S(=O)(Cl)Cc1cccc(OC2CCOC2)c1. The van der Waals surface area contributed by atoms with Crippen LogP contribution < -0.4 is 4.74 Å². The van der Waals surface area contributed by atoms with E-state index in [1.807, 2.05) is 0 Å². The lowest BCUT2D eigenvalue weighted by Crippen LogP contribution is -2.15. The molecule has 1 heterocycles. The zero-order chi connectivity index (χ0) is 12.3. The Kier molecular flexibility index (Phi) is 3.91. The van der Waals surface area contributed by atoms with Crippen LogP contribution in [0.4, 0.5) is 0 Å². The smallest absolute Gasteiger partial charge is 0.236 e. The van der Waals surface area contributed by atoms with E-state index in [4.69, 9.17) is 20.2 Å². The van der Waals surface area contributed by atoms with E-state index in [2.05, 4.69) is 0 Å². The van der Waals surface area contributed by atoms with Crippen molar-refractivity contribution in [1.82, 2.24) is 0 Å². The van der Waals surface area contributed by atoms with Crippen LogP contribution in [0.2, 0.25) is 0 Å². The van der Waals surface area contributed by atoms with Gasteiger partial charge in [-0.3, -0.25) is 0 Å². The Labute approximate surface area is 105 Å². The van der Waals surface area contributed by atoms with Gasteiger partial charge in [-0.1, -0.05) is 12.1 Å². The van der Waals surface area contributed by atoms with Crippen LogP contribution in [0.1, 0.15) is 12.0 Å². The van der Waals surface area contributed by atoms with Crippen molar-refractivity contribution >= 4 is 19.7 Å². The highest BCUT2D eigenvalue weighted by Crippen LogP contribution is 2.20. The molecule has 6 heteroatoms. The van der Waals surface area contributed by atoms with Gasteiger partial charge in [0.05, 0.1) is 19.0 Å². The largest absolute Gasteiger partial charge is 0.488 e. The second kappa shape index (κ2) is 5.25. The molecule has 0 aliphatic carbocycles. The molecule has 94 valence electrons. The normalized spacial score (nSPS) is 20.4. The molecule has 0 amide bonds. The molecule has 0 N–H and O–H groups in total. The molecule has 4 nitrogen and oxygen atoms in total. The summed E-state index contributed by atoms with van der Waals surface area (Å²) >= 11 is 0. The van der Waals surface area contributed by atoms with Crippen molar-refractivity contribution in [1.29, 1.82) is 0 Å². The van der Waals surface area contributed by atoms with Crippen molar-refractivity contribution in [2.45, 2.75) is 18.3 Å². The van der Waals surface area contributed by atoms with Crippen molar-refractivity contribution in [2.24, 2.45) is 0 Å². The minimum absolute atomic E-state index is 0.0536. The van der Waals surface area contributed by atoms with Crippen molar-refractivity contribution < 1.29 is 17.9 Å². The maximum Gasteiger partial charge on any atom is 0.236 e. The molecule has 0 radical (unpaired) electrons. The number of rotatable bonds is 4. The first-order chi connectivity index (χ1) is 8.03. The summed E-state index contributed by atoms with van der Waals surface area (Å²) in [4.78, 5) is 0. The number of benzene rings is 1. The van der Waals surface area contributed by atoms with Crippen LogP contribution in [-0.4, -0.2) is 27.7 Å². The second-order valence-corrected chi connectivity index (χ2v) is 6.71. The zero-order valence-electron chi connectivity index (χ0n) is 9.13. The van der Waals surface area contributed by atoms with Gasteiger partial charge in [-0.05, 0) is 17.7 Å². The third-order valence-corrected chi connectivity index (χ3v) is 3.43. The van der Waals surface area contributed by atoms with Gasteiger partial charge in [0.1, 0.15) is 11.9 Å². The van der Waals surface area contributed by atoms with E-state index in [1.54, 1.807) is 24.3 Å². The Hall–Kier alpha value is -0.780. The molecule has 0 spiro atoms. The van der Waals surface area contributed by atoms with Crippen LogP contribution in [0.25, 0.3) is 0 Å². The van der Waals surface area contributed by atoms with Gasteiger partial charge in [0.2, 0.25) is 9.05 Å². The van der Waals surface area contributed by atoms with E-state index in [-0.39, 0.29) is 11.9 Å². The molecule has 1 unspecified atom stereocenters. The molecular weight excluding hydrogens is 264 g/mol. The van der Waals surface area contributed by atoms with Crippen LogP contribution in [0.3, 0.4) is 0 Å². The van der Waals surface area contributed by atoms with E-state index in [9.17, 15) is 8.42 Å². The van der Waals surface area contributed by atoms with Crippen LogP contribution >= 0.6 is 10.7 Å². The fraction of sp³-hybridized carbons (Fsp3) is 0.455. The van der Waals surface area contributed by atoms with Crippen LogP contribution in [0.15, 0.2) is 24.3 Å². The summed E-state index contributed by atoms with van der Waals surface area (Å²) in [5.74, 6) is 0.464. The quantitative estimate of drug-likeness (QED) is 0.789. The van der Waals surface area contributed by atoms with Crippen LogP contribution in [0, 0.1) is 0 Å². The van der Waals surface area contributed by atoms with Crippen molar-refractivity contribution in [3.63, 3.8) is 0 Å². The first kappa shape index (κ1) is 12.7. The molecule has 1 aromatic carbocycles. The Morgan fingerprint density at radius 1 is 1.47 bits per heavy atom. The molecule has 1 aliphatic heterocycles. The van der Waals surface area contributed by atoms with Crippen molar-refractivity contribution in [2.75, 3.05) is 13.2 Å². The van der Waals surface area contributed by atoms with Gasteiger partial charge in [-0.2, -0.15) is 0 Å². The van der Waals surface area contributed by atoms with Gasteiger partial charge in [0, 0.05) is 17.1 Å². The van der Waals surface area contributed by atoms with Crippen molar-refractivity contribution in [3.05, 3.63) is 29.8 Å². The lowest BCUT2D eigenvalue weighted by Gasteiger charge is -2.12. The minimum atomic E-state index is -3.53. The molecule has 0 saturated carbocycles. The molecule has 0 bridgehead atoms. The Balaban J connectivity index is 2.05. The Morgan fingerprint density at radius 2 is 2.29 bits per heavy atom. The van der Waals surface area contributed by atoms with Gasteiger partial charge in [-0.25, -0.2) is 8.42 Å². The third kappa shape index (κ3) is 4.18. The van der Waals surface area contributed by atoms with Gasteiger partial charge in [0.15, 0.2) is 0 Å². The summed E-state index contributed by atoms with van der Waals surface area (Å²) in [6.45, 7) is 1.29. The van der Waals surface area contributed by atoms with Crippen LogP contribution in [-0.2, 0) is 19.5 Å². The highest BCUT2D eigenvalue weighted by molar-refractivity contribution is 8.13. The van der Waals surface area contributed by atoms with E-state index in [0.29, 0.717) is 24.5 Å². The first-order valence-corrected chi connectivity index (χ1v) is 7.76. The number of hydrogen-bond acceptors (Lipinski definition) is 4. The van der Waals surface area contributed by atoms with Gasteiger partial charge < -0.3 is 9.47 Å². The maximum atomic E-state index is 11.0. The Morgan fingerprint density at radius 3 is 2.94 bits per heavy atom. The van der Waals surface area contributed by atoms with E-state index >= 15 is 0 Å². The average molecular weight is 277 g/mol. The topological polar surface area (TPSA) is 52.6 Å². The second-order valence-electron chi connectivity index (χ2n) is 3.93. The van der Waals surface area contributed by atoms with E-state index in [1.165, 1.54) is 0 Å². The average Bonchev–Trinajstić information content (AvgIpc) is 2.68. The molecule has 2 rings (SSSR count). The zero-order valence-corrected chi connectivity index (χ0v) is 10.7. The minimum Gasteiger partial charge on any atom is -0.488 e. The standard InChI is InChI=1S/C11H13ClO4S/c12-17(13,14)8-9-2-1-3-10(6-9)16-11-4-5-15-7-11/h1-3,6,11H,4-5,7-8H2. The Bertz CT molecular complexity index is 480. The van der Waals surface area contributed by atoms with Crippen LogP contribution in [0.5, 0.6) is 5.75 Å². The highest BCUT2D eigenvalue weighted by atomic mass is 35.7. The third-order valence-electron chi connectivity index (χ3n) is 2.43. The van der Waals surface area contributed by atoms with E-state index in [0.717, 1.165) is 6.42 Å². The summed E-state index contributed by atoms with van der Waals surface area (Å²) in [7, 11) is 1.67. The summed E-state index contributed by atoms with van der Waals surface area (Å²) in [6, 6.07) is 6.95. The highest BCUT2D eigenvalue weighted by Gasteiger charge is 2.17. The fourth-order valence-electron chi connectivity index (χ4n) is 1.71. The van der Waals surface area contributed by atoms with Gasteiger partial charge >= 0.3 is 0 Å². The number of hydrogen-bond donors (Lipinski definition) is 0. The maximum absolute atomic E-state index is 11.0. The predicted molar refractivity (Wildman–Crippen MR) is 64.8 cm³/mol. The molecule has 1 aromatic rings. The van der Waals surface area contributed by atoms with E-state index < -0.39 is 9.05 Å². The molecule has 1 atom stereocenters. The van der Waals surface area contributed by atoms with Gasteiger partial charge in [-0.15, -0.1) is 0 Å². The molecule has 1 saturated heterocycles.